The second kappa shape index (κ2) is 20.4. The number of nitrogens with zero attached hydrogens (tertiary/aromatic N) is 2. The van der Waals surface area contributed by atoms with Gasteiger partial charge in [0.05, 0.1) is 24.8 Å². The third kappa shape index (κ3) is 12.4. The number of rotatable bonds is 20. The molecule has 5 N–H and O–H groups in total. The van der Waals surface area contributed by atoms with Crippen LogP contribution >= 0.6 is 0 Å². The number of ether oxygens (including phenoxy) is 1. The molecule has 0 spiro atoms. The lowest BCUT2D eigenvalue weighted by Crippen LogP contribution is -2.55. The number of likely N-dealkylation sites (N-methyl/N-ethyl adjacent to an activating group) is 1. The van der Waals surface area contributed by atoms with Crippen molar-refractivity contribution in [1.29, 1.82) is 0 Å². The summed E-state index contributed by atoms with van der Waals surface area (Å²) in [7, 11) is 1.45. The summed E-state index contributed by atoms with van der Waals surface area (Å²) in [6, 6.07) is 11.0. The number of anilines is 2. The van der Waals surface area contributed by atoms with Crippen LogP contribution in [0.5, 0.6) is 0 Å². The Bertz CT molecular complexity index is 1680. The van der Waals surface area contributed by atoms with E-state index in [4.69, 9.17) is 4.74 Å². The fourth-order valence-electron chi connectivity index (χ4n) is 6.31. The molecule has 1 unspecified atom stereocenters. The van der Waals surface area contributed by atoms with Crippen LogP contribution in [0, 0.1) is 18.8 Å². The number of carboxylic acid groups (broad SMARTS) is 2. The van der Waals surface area contributed by atoms with E-state index >= 15 is 0 Å². The average molecular weight is 752 g/mol. The van der Waals surface area contributed by atoms with E-state index in [9.17, 15) is 48.6 Å². The highest BCUT2D eigenvalue weighted by Gasteiger charge is 2.39. The summed E-state index contributed by atoms with van der Waals surface area (Å²) in [5.41, 5.74) is 2.64. The fraction of sp³-hybridized carbons (Fsp3) is 0.474. The van der Waals surface area contributed by atoms with Crippen LogP contribution in [0.4, 0.5) is 16.2 Å². The Morgan fingerprint density at radius 3 is 2.28 bits per heavy atom. The number of aliphatic carboxylic acids is 2. The topological polar surface area (TPSA) is 229 Å². The maximum absolute atomic E-state index is 13.9. The molecule has 0 aliphatic carbocycles. The normalized spacial score (nSPS) is 15.9. The monoisotopic (exact) mass is 751 g/mol. The van der Waals surface area contributed by atoms with Gasteiger partial charge in [0.2, 0.25) is 17.7 Å². The highest BCUT2D eigenvalue weighted by Crippen LogP contribution is 2.25. The SMILES string of the molecule is CCC(C)[C@@H](C(=O)N[C@@H](CCC(=O)O)C(=O)C[C@@H](CC(=O)O)C(=O)N1CCC[C@H]1OC=O)N(C)C(=O)Cc1ccc(NC(=O)Nc2ccccc2C)cc1. The van der Waals surface area contributed by atoms with Gasteiger partial charge in [0.1, 0.15) is 6.04 Å². The Hall–Kier alpha value is -5.80. The number of carbonyl (C=O) groups excluding carboxylic acids is 6. The first-order valence-electron chi connectivity index (χ1n) is 17.8. The summed E-state index contributed by atoms with van der Waals surface area (Å²) in [6.45, 7) is 5.81. The van der Waals surface area contributed by atoms with Crippen LogP contribution in [0.15, 0.2) is 48.5 Å². The number of Topliss-reactive ketones (excluding diaryl/α,β-unsaturated/α-hetero) is 1. The van der Waals surface area contributed by atoms with Crippen LogP contribution in [-0.2, 0) is 44.7 Å². The van der Waals surface area contributed by atoms with Gasteiger partial charge in [-0.1, -0.05) is 50.6 Å². The molecule has 2 aromatic rings. The largest absolute Gasteiger partial charge is 0.481 e. The molecular weight excluding hydrogens is 702 g/mol. The number of carboxylic acids is 2. The summed E-state index contributed by atoms with van der Waals surface area (Å²) in [6.07, 6.45) is -1.91. The molecule has 2 aromatic carbocycles. The third-order valence-corrected chi connectivity index (χ3v) is 9.49. The Morgan fingerprint density at radius 2 is 1.67 bits per heavy atom. The van der Waals surface area contributed by atoms with E-state index in [-0.39, 0.29) is 25.9 Å². The number of urea groups is 1. The van der Waals surface area contributed by atoms with Crippen LogP contribution in [0.3, 0.4) is 0 Å². The standard InChI is InChI=1S/C38H49N5O11/c1-5-23(2)35(42(4)31(46)19-25-12-14-27(15-13-25)39-38(53)41-28-10-7-6-9-24(28)3)36(51)40-29(16-17-33(47)48)30(45)20-26(21-34(49)50)37(52)43-18-8-11-32(43)54-22-44/h6-7,9-10,12-15,22-23,26,29,32,35H,5,8,11,16-21H2,1-4H3,(H,40,51)(H,47,48)(H,49,50)(H2,39,41,53)/t23?,26-,29-,32+,35-/m0/s1. The first-order valence-corrected chi connectivity index (χ1v) is 17.8. The second-order valence-electron chi connectivity index (χ2n) is 13.4. The lowest BCUT2D eigenvalue weighted by molar-refractivity contribution is -0.156. The number of carbonyl (C=O) groups is 8. The minimum Gasteiger partial charge on any atom is -0.481 e. The lowest BCUT2D eigenvalue weighted by atomic mass is 9.91. The van der Waals surface area contributed by atoms with Gasteiger partial charge in [-0.2, -0.15) is 0 Å². The molecule has 0 aromatic heterocycles. The van der Waals surface area contributed by atoms with Crippen molar-refractivity contribution in [3.8, 4) is 0 Å². The van der Waals surface area contributed by atoms with Gasteiger partial charge in [-0.25, -0.2) is 4.79 Å². The van der Waals surface area contributed by atoms with Gasteiger partial charge >= 0.3 is 18.0 Å². The molecule has 16 heteroatoms. The van der Waals surface area contributed by atoms with E-state index in [1.54, 1.807) is 37.3 Å². The van der Waals surface area contributed by atoms with Gasteiger partial charge in [0.25, 0.3) is 6.47 Å². The van der Waals surface area contributed by atoms with Gasteiger partial charge in [0.15, 0.2) is 12.0 Å². The number of likely N-dealkylation sites (tertiary alicyclic amines) is 1. The highest BCUT2D eigenvalue weighted by atomic mass is 16.5. The van der Waals surface area contributed by atoms with Crippen molar-refractivity contribution in [1.82, 2.24) is 15.1 Å². The predicted molar refractivity (Wildman–Crippen MR) is 196 cm³/mol. The molecule has 0 bridgehead atoms. The number of ketones is 1. The molecule has 1 saturated heterocycles. The number of hydrogen-bond donors (Lipinski definition) is 5. The molecule has 54 heavy (non-hydrogen) atoms. The van der Waals surface area contributed by atoms with Crippen molar-refractivity contribution in [3.05, 3.63) is 59.7 Å². The van der Waals surface area contributed by atoms with E-state index in [1.165, 1.54) is 16.8 Å². The Labute approximate surface area is 313 Å². The van der Waals surface area contributed by atoms with Crippen molar-refractivity contribution < 1.29 is 53.3 Å². The van der Waals surface area contributed by atoms with Crippen LogP contribution in [0.1, 0.15) is 69.9 Å². The van der Waals surface area contributed by atoms with Gasteiger partial charge in [0, 0.05) is 44.2 Å². The second-order valence-corrected chi connectivity index (χ2v) is 13.4. The van der Waals surface area contributed by atoms with Crippen LogP contribution in [0.2, 0.25) is 0 Å². The van der Waals surface area contributed by atoms with Crippen molar-refractivity contribution in [2.24, 2.45) is 11.8 Å². The molecule has 0 saturated carbocycles. The zero-order valence-electron chi connectivity index (χ0n) is 30.9. The number of para-hydroxylation sites is 1. The number of benzene rings is 2. The first-order chi connectivity index (χ1) is 25.6. The van der Waals surface area contributed by atoms with Crippen LogP contribution < -0.4 is 16.0 Å². The van der Waals surface area contributed by atoms with E-state index < -0.39 is 90.9 Å². The van der Waals surface area contributed by atoms with Crippen molar-refractivity contribution in [2.75, 3.05) is 24.2 Å². The Balaban J connectivity index is 1.72. The highest BCUT2D eigenvalue weighted by molar-refractivity contribution is 6.00. The van der Waals surface area contributed by atoms with Gasteiger partial charge in [-0.15, -0.1) is 0 Å². The smallest absolute Gasteiger partial charge is 0.323 e. The minimum atomic E-state index is -1.41. The van der Waals surface area contributed by atoms with E-state index in [0.717, 1.165) is 5.56 Å². The van der Waals surface area contributed by atoms with Gasteiger partial charge in [-0.05, 0) is 55.0 Å². The summed E-state index contributed by atoms with van der Waals surface area (Å²) in [5, 5.41) is 27.0. The molecular formula is C38H49N5O11. The molecule has 1 aliphatic rings. The van der Waals surface area contributed by atoms with Crippen LogP contribution in [-0.4, -0.2) is 99.9 Å². The molecule has 5 atom stereocenters. The molecule has 3 rings (SSSR count). The lowest BCUT2D eigenvalue weighted by Gasteiger charge is -2.33. The molecule has 1 heterocycles. The number of amides is 5. The van der Waals surface area contributed by atoms with Crippen molar-refractivity contribution in [2.45, 2.75) is 90.4 Å². The molecule has 1 fully saturated rings. The summed E-state index contributed by atoms with van der Waals surface area (Å²) < 4.78 is 4.96. The number of aryl methyl sites for hydroxylation is 1. The Kier molecular flexibility index (Phi) is 16.1. The fourth-order valence-corrected chi connectivity index (χ4v) is 6.31. The van der Waals surface area contributed by atoms with Gasteiger partial charge < -0.3 is 40.7 Å². The van der Waals surface area contributed by atoms with E-state index in [1.807, 2.05) is 32.0 Å². The van der Waals surface area contributed by atoms with Crippen molar-refractivity contribution >= 4 is 59.3 Å². The molecule has 5 amide bonds. The van der Waals surface area contributed by atoms with Gasteiger partial charge in [-0.3, -0.25) is 33.6 Å². The zero-order valence-corrected chi connectivity index (χ0v) is 30.9. The Morgan fingerprint density at radius 1 is 0.981 bits per heavy atom. The van der Waals surface area contributed by atoms with E-state index in [2.05, 4.69) is 16.0 Å². The number of nitrogens with one attached hydrogen (secondary N) is 3. The quantitative estimate of drug-likeness (QED) is 0.123. The maximum Gasteiger partial charge on any atom is 0.323 e. The molecule has 16 nitrogen and oxygen atoms in total. The summed E-state index contributed by atoms with van der Waals surface area (Å²) in [5.74, 6) is -6.98. The first kappa shape index (κ1) is 42.6. The average Bonchev–Trinajstić information content (AvgIpc) is 3.59. The maximum atomic E-state index is 13.9. The number of hydrogen-bond acceptors (Lipinski definition) is 9. The molecule has 1 aliphatic heterocycles. The zero-order chi connectivity index (χ0) is 39.9. The van der Waals surface area contributed by atoms with Crippen LogP contribution in [0.25, 0.3) is 0 Å². The van der Waals surface area contributed by atoms with E-state index in [0.29, 0.717) is 36.2 Å². The molecule has 0 radical (unpaired) electrons. The summed E-state index contributed by atoms with van der Waals surface area (Å²) in [4.78, 5) is 104. The minimum absolute atomic E-state index is 0.0991. The predicted octanol–water partition coefficient (Wildman–Crippen LogP) is 3.58. The summed E-state index contributed by atoms with van der Waals surface area (Å²) >= 11 is 0. The third-order valence-electron chi connectivity index (χ3n) is 9.49. The van der Waals surface area contributed by atoms with Crippen molar-refractivity contribution in [3.63, 3.8) is 0 Å². The molecule has 292 valence electrons.